The topological polar surface area (TPSA) is 80.9 Å². The number of nitrogens with two attached hydrogens (primary N) is 1. The summed E-state index contributed by atoms with van der Waals surface area (Å²) in [7, 11) is 0. The number of carbonyl (C=O) groups excluding carboxylic acids is 1. The van der Waals surface area contributed by atoms with Gasteiger partial charge in [0.15, 0.2) is 0 Å². The summed E-state index contributed by atoms with van der Waals surface area (Å²) in [6.07, 6.45) is 3.85. The summed E-state index contributed by atoms with van der Waals surface area (Å²) in [5, 5.41) is 5.27. The van der Waals surface area contributed by atoms with Gasteiger partial charge in [-0.15, -0.1) is 0 Å². The molecule has 2 heterocycles. The van der Waals surface area contributed by atoms with Gasteiger partial charge >= 0.3 is 0 Å². The van der Waals surface area contributed by atoms with Crippen LogP contribution in [0.5, 0.6) is 0 Å². The first-order chi connectivity index (χ1) is 14.1. The number of rotatable bonds is 5. The van der Waals surface area contributed by atoms with E-state index in [-0.39, 0.29) is 5.91 Å². The summed E-state index contributed by atoms with van der Waals surface area (Å²) in [4.78, 5) is 21.0. The minimum absolute atomic E-state index is 0.222. The van der Waals surface area contributed by atoms with E-state index in [1.54, 1.807) is 18.5 Å². The Morgan fingerprint density at radius 2 is 1.83 bits per heavy atom. The predicted octanol–water partition coefficient (Wildman–Crippen LogP) is 4.39. The number of anilines is 1. The lowest BCUT2D eigenvalue weighted by Crippen LogP contribution is -2.23. The van der Waals surface area contributed by atoms with E-state index in [4.69, 9.17) is 17.3 Å². The number of carbonyl (C=O) groups is 1. The first-order valence-corrected chi connectivity index (χ1v) is 9.57. The number of benzene rings is 2. The van der Waals surface area contributed by atoms with Crippen molar-refractivity contribution in [1.29, 1.82) is 0 Å². The van der Waals surface area contributed by atoms with E-state index in [0.29, 0.717) is 29.4 Å². The van der Waals surface area contributed by atoms with Crippen LogP contribution in [0.3, 0.4) is 0 Å². The quantitative estimate of drug-likeness (QED) is 0.519. The maximum absolute atomic E-state index is 12.5. The van der Waals surface area contributed by atoms with Crippen LogP contribution >= 0.6 is 11.6 Å². The minimum Gasteiger partial charge on any atom is -0.383 e. The second-order valence-electron chi connectivity index (χ2n) is 6.75. The van der Waals surface area contributed by atoms with Crippen LogP contribution in [-0.4, -0.2) is 15.9 Å². The Bertz CT molecular complexity index is 1180. The first kappa shape index (κ1) is 18.9. The van der Waals surface area contributed by atoms with E-state index in [0.717, 1.165) is 27.6 Å². The molecule has 0 atom stereocenters. The van der Waals surface area contributed by atoms with Gasteiger partial charge in [0.25, 0.3) is 5.91 Å². The molecule has 2 aromatic heterocycles. The summed E-state index contributed by atoms with van der Waals surface area (Å²) >= 11 is 6.36. The van der Waals surface area contributed by atoms with Gasteiger partial charge in [-0.25, -0.2) is 4.98 Å². The molecule has 5 nitrogen and oxygen atoms in total. The molecule has 29 heavy (non-hydrogen) atoms. The molecule has 4 aromatic rings. The number of hydrogen-bond donors (Lipinski definition) is 2. The van der Waals surface area contributed by atoms with Crippen LogP contribution in [0.25, 0.3) is 10.8 Å². The smallest absolute Gasteiger partial charge is 0.253 e. The zero-order chi connectivity index (χ0) is 20.2. The van der Waals surface area contributed by atoms with Crippen molar-refractivity contribution in [2.75, 3.05) is 5.73 Å². The third-order valence-electron chi connectivity index (χ3n) is 4.71. The number of halogens is 1. The fourth-order valence-electron chi connectivity index (χ4n) is 3.15. The number of pyridine rings is 2. The fraction of sp³-hybridized carbons (Fsp3) is 0.0870. The summed E-state index contributed by atoms with van der Waals surface area (Å²) in [5.41, 5.74) is 9.14. The molecule has 0 fully saturated rings. The summed E-state index contributed by atoms with van der Waals surface area (Å²) in [6, 6.07) is 19.3. The van der Waals surface area contributed by atoms with Crippen molar-refractivity contribution >= 4 is 34.1 Å². The highest BCUT2D eigenvalue weighted by Crippen LogP contribution is 2.21. The monoisotopic (exact) mass is 402 g/mol. The molecule has 0 aliphatic rings. The maximum atomic E-state index is 12.5. The van der Waals surface area contributed by atoms with Gasteiger partial charge in [-0.3, -0.25) is 9.78 Å². The van der Waals surface area contributed by atoms with Crippen LogP contribution in [0, 0.1) is 0 Å². The highest BCUT2D eigenvalue weighted by atomic mass is 35.5. The van der Waals surface area contributed by atoms with Crippen molar-refractivity contribution in [3.8, 4) is 0 Å². The van der Waals surface area contributed by atoms with Gasteiger partial charge in [-0.1, -0.05) is 54.1 Å². The van der Waals surface area contributed by atoms with Crippen molar-refractivity contribution in [1.82, 2.24) is 15.3 Å². The Balaban J connectivity index is 1.44. The Hall–Kier alpha value is -3.44. The number of nitrogens with zero attached hydrogens (tertiary/aromatic N) is 2. The Kier molecular flexibility index (Phi) is 5.40. The minimum atomic E-state index is -0.222. The maximum Gasteiger partial charge on any atom is 0.253 e. The second kappa shape index (κ2) is 8.29. The number of aromatic nitrogens is 2. The first-order valence-electron chi connectivity index (χ1n) is 9.20. The molecule has 4 rings (SSSR count). The number of nitrogen functional groups attached to an aromatic ring is 1. The third kappa shape index (κ3) is 4.36. The molecular formula is C23H19ClN4O. The van der Waals surface area contributed by atoms with Gasteiger partial charge in [0.1, 0.15) is 5.82 Å². The van der Waals surface area contributed by atoms with Crippen molar-refractivity contribution in [3.63, 3.8) is 0 Å². The molecule has 0 radical (unpaired) electrons. The zero-order valence-electron chi connectivity index (χ0n) is 15.6. The van der Waals surface area contributed by atoms with Crippen LogP contribution in [0.2, 0.25) is 5.02 Å². The van der Waals surface area contributed by atoms with Crippen LogP contribution in [-0.2, 0) is 13.0 Å². The molecule has 0 aliphatic carbocycles. The SMILES string of the molecule is Nc1nccc2cc(CNC(=O)c3cnc(Cc4ccccc4)c(Cl)c3)ccc12. The molecule has 0 saturated heterocycles. The third-order valence-corrected chi connectivity index (χ3v) is 5.03. The van der Waals surface area contributed by atoms with E-state index >= 15 is 0 Å². The molecular weight excluding hydrogens is 384 g/mol. The molecule has 0 saturated carbocycles. The highest BCUT2D eigenvalue weighted by molar-refractivity contribution is 6.31. The standard InChI is InChI=1S/C23H19ClN4O/c24-20-12-18(14-27-21(20)11-15-4-2-1-3-5-15)23(29)28-13-16-6-7-19-17(10-16)8-9-26-22(19)25/h1-10,12,14H,11,13H2,(H2,25,26)(H,28,29). The average Bonchev–Trinajstić information content (AvgIpc) is 2.74. The van der Waals surface area contributed by atoms with Crippen LogP contribution in [0.4, 0.5) is 5.82 Å². The molecule has 1 amide bonds. The molecule has 2 aromatic carbocycles. The van der Waals surface area contributed by atoms with Crippen molar-refractivity contribution < 1.29 is 4.79 Å². The van der Waals surface area contributed by atoms with Crippen molar-refractivity contribution in [2.24, 2.45) is 0 Å². The molecule has 144 valence electrons. The molecule has 0 aliphatic heterocycles. The van der Waals surface area contributed by atoms with Crippen molar-refractivity contribution in [2.45, 2.75) is 13.0 Å². The summed E-state index contributed by atoms with van der Waals surface area (Å²) in [6.45, 7) is 0.389. The van der Waals surface area contributed by atoms with E-state index < -0.39 is 0 Å². The summed E-state index contributed by atoms with van der Waals surface area (Å²) < 4.78 is 0. The van der Waals surface area contributed by atoms with Gasteiger partial charge in [0.2, 0.25) is 0 Å². The Labute approximate surface area is 173 Å². The average molecular weight is 403 g/mol. The van der Waals surface area contributed by atoms with E-state index in [9.17, 15) is 4.79 Å². The number of nitrogens with one attached hydrogen (secondary N) is 1. The molecule has 0 bridgehead atoms. The molecule has 0 spiro atoms. The second-order valence-corrected chi connectivity index (χ2v) is 7.16. The molecule has 0 unspecified atom stereocenters. The number of hydrogen-bond acceptors (Lipinski definition) is 4. The highest BCUT2D eigenvalue weighted by Gasteiger charge is 2.11. The lowest BCUT2D eigenvalue weighted by atomic mass is 10.1. The van der Waals surface area contributed by atoms with E-state index in [1.165, 1.54) is 0 Å². The lowest BCUT2D eigenvalue weighted by molar-refractivity contribution is 0.0950. The predicted molar refractivity (Wildman–Crippen MR) is 116 cm³/mol. The lowest BCUT2D eigenvalue weighted by Gasteiger charge is -2.09. The van der Waals surface area contributed by atoms with Crippen LogP contribution < -0.4 is 11.1 Å². The fourth-order valence-corrected chi connectivity index (χ4v) is 3.39. The van der Waals surface area contributed by atoms with Gasteiger partial charge in [-0.05, 0) is 34.7 Å². The van der Waals surface area contributed by atoms with E-state index in [2.05, 4.69) is 15.3 Å². The molecule has 3 N–H and O–H groups in total. The normalized spacial score (nSPS) is 10.8. The van der Waals surface area contributed by atoms with Gasteiger partial charge in [-0.2, -0.15) is 0 Å². The van der Waals surface area contributed by atoms with Gasteiger partial charge in [0.05, 0.1) is 16.3 Å². The van der Waals surface area contributed by atoms with Crippen molar-refractivity contribution in [3.05, 3.63) is 100 Å². The largest absolute Gasteiger partial charge is 0.383 e. The number of amides is 1. The Morgan fingerprint density at radius 3 is 2.62 bits per heavy atom. The van der Waals surface area contributed by atoms with Crippen LogP contribution in [0.1, 0.15) is 27.2 Å². The Morgan fingerprint density at radius 1 is 1.00 bits per heavy atom. The zero-order valence-corrected chi connectivity index (χ0v) is 16.4. The molecule has 6 heteroatoms. The van der Waals surface area contributed by atoms with Gasteiger partial charge in [0, 0.05) is 30.7 Å². The van der Waals surface area contributed by atoms with Gasteiger partial charge < -0.3 is 11.1 Å². The van der Waals surface area contributed by atoms with E-state index in [1.807, 2.05) is 54.6 Å². The number of fused-ring (bicyclic) bond motifs is 1. The van der Waals surface area contributed by atoms with Crippen LogP contribution in [0.15, 0.2) is 73.1 Å². The summed E-state index contributed by atoms with van der Waals surface area (Å²) in [5.74, 6) is 0.273.